The molecule has 0 saturated carbocycles. The van der Waals surface area contributed by atoms with Crippen LogP contribution in [0.15, 0.2) is 95.9 Å². The number of rotatable bonds is 10. The van der Waals surface area contributed by atoms with Gasteiger partial charge in [0.05, 0.1) is 6.04 Å². The summed E-state index contributed by atoms with van der Waals surface area (Å²) < 4.78 is 4.66. The molecule has 0 saturated heterocycles. The van der Waals surface area contributed by atoms with Crippen molar-refractivity contribution in [3.63, 3.8) is 0 Å². The van der Waals surface area contributed by atoms with E-state index >= 15 is 0 Å². The Kier molecular flexibility index (Phi) is 17.8. The lowest BCUT2D eigenvalue weighted by atomic mass is 10.0. The number of allylic oxidation sites excluding steroid dienone is 7. The highest BCUT2D eigenvalue weighted by atomic mass is 33.1. The Bertz CT molecular complexity index is 1420. The molecule has 4 rings (SSSR count). The zero-order valence-corrected chi connectivity index (χ0v) is 31.5. The van der Waals surface area contributed by atoms with Crippen LogP contribution in [0.1, 0.15) is 82.2 Å². The van der Waals surface area contributed by atoms with Crippen LogP contribution >= 0.6 is 22.0 Å². The number of aliphatic hydroxyl groups is 1. The van der Waals surface area contributed by atoms with Crippen molar-refractivity contribution >= 4 is 39.8 Å². The van der Waals surface area contributed by atoms with Crippen molar-refractivity contribution in [3.8, 4) is 0 Å². The Labute approximate surface area is 289 Å². The van der Waals surface area contributed by atoms with E-state index in [9.17, 15) is 0 Å². The summed E-state index contributed by atoms with van der Waals surface area (Å²) in [4.78, 5) is 2.26. The first-order chi connectivity index (χ1) is 22.1. The molecule has 0 aliphatic carbocycles. The third-order valence-corrected chi connectivity index (χ3v) is 10.0. The van der Waals surface area contributed by atoms with E-state index in [2.05, 4.69) is 167 Å². The molecule has 2 aromatic rings. The third kappa shape index (κ3) is 13.0. The number of hydrogen-bond donors (Lipinski definition) is 1. The lowest BCUT2D eigenvalue weighted by Crippen LogP contribution is -2.23. The summed E-state index contributed by atoms with van der Waals surface area (Å²) in [6.07, 6.45) is 22.3. The van der Waals surface area contributed by atoms with Crippen molar-refractivity contribution < 1.29 is 5.11 Å². The van der Waals surface area contributed by atoms with E-state index < -0.39 is 0 Å². The molecule has 1 unspecified atom stereocenters. The molecule has 0 radical (unpaired) electrons. The summed E-state index contributed by atoms with van der Waals surface area (Å²) in [7, 11) is 5.71. The molecule has 0 aromatic heterocycles. The van der Waals surface area contributed by atoms with Crippen molar-refractivity contribution in [1.29, 1.82) is 0 Å². The van der Waals surface area contributed by atoms with Crippen LogP contribution in [0.5, 0.6) is 0 Å². The van der Waals surface area contributed by atoms with Crippen LogP contribution < -0.4 is 4.90 Å². The van der Waals surface area contributed by atoms with E-state index in [0.717, 1.165) is 19.5 Å². The molecular weight excluding hydrogens is 603 g/mol. The zero-order valence-electron chi connectivity index (χ0n) is 29.9. The molecule has 2 aliphatic heterocycles. The van der Waals surface area contributed by atoms with Gasteiger partial charge in [-0.1, -0.05) is 93.5 Å². The summed E-state index contributed by atoms with van der Waals surface area (Å²) in [5, 5.41) is 7.88. The second-order valence-electron chi connectivity index (χ2n) is 11.8. The molecule has 0 spiro atoms. The van der Waals surface area contributed by atoms with Gasteiger partial charge in [-0.2, -0.15) is 0 Å². The molecule has 0 bridgehead atoms. The van der Waals surface area contributed by atoms with Crippen LogP contribution in [0, 0.1) is 20.8 Å². The maximum atomic E-state index is 7.88. The monoisotopic (exact) mass is 659 g/mol. The molecule has 2 aromatic carbocycles. The van der Waals surface area contributed by atoms with Crippen molar-refractivity contribution in [1.82, 2.24) is 8.61 Å². The van der Waals surface area contributed by atoms with E-state index in [1.807, 2.05) is 6.92 Å². The van der Waals surface area contributed by atoms with Gasteiger partial charge in [-0.05, 0) is 106 Å². The predicted molar refractivity (Wildman–Crippen MR) is 210 cm³/mol. The molecule has 250 valence electrons. The lowest BCUT2D eigenvalue weighted by Gasteiger charge is -2.31. The quantitative estimate of drug-likeness (QED) is 0.202. The summed E-state index contributed by atoms with van der Waals surface area (Å²) in [5.74, 6) is 0. The highest BCUT2D eigenvalue weighted by Crippen LogP contribution is 2.37. The molecule has 2 heterocycles. The first-order valence-electron chi connectivity index (χ1n) is 16.6. The highest BCUT2D eigenvalue weighted by Gasteiger charge is 2.17. The van der Waals surface area contributed by atoms with E-state index in [0.29, 0.717) is 12.6 Å². The average molecular weight is 660 g/mol. The van der Waals surface area contributed by atoms with Gasteiger partial charge in [0.2, 0.25) is 0 Å². The molecule has 0 amide bonds. The summed E-state index contributed by atoms with van der Waals surface area (Å²) in [6.45, 7) is 21.5. The summed E-state index contributed by atoms with van der Waals surface area (Å²) in [6, 6.07) is 13.6. The second kappa shape index (κ2) is 20.9. The minimum Gasteiger partial charge on any atom is -0.396 e. The van der Waals surface area contributed by atoms with Gasteiger partial charge in [0.1, 0.15) is 0 Å². The van der Waals surface area contributed by atoms with E-state index in [4.69, 9.17) is 5.11 Å². The minimum atomic E-state index is 0.319. The molecule has 6 heteroatoms. The van der Waals surface area contributed by atoms with Gasteiger partial charge >= 0.3 is 0 Å². The fourth-order valence-corrected chi connectivity index (χ4v) is 6.88. The van der Waals surface area contributed by atoms with Gasteiger partial charge in [0.15, 0.2) is 0 Å². The van der Waals surface area contributed by atoms with Crippen molar-refractivity contribution in [2.24, 2.45) is 0 Å². The van der Waals surface area contributed by atoms with Crippen LogP contribution in [0.2, 0.25) is 0 Å². The lowest BCUT2D eigenvalue weighted by molar-refractivity contribution is 0.295. The van der Waals surface area contributed by atoms with Crippen LogP contribution in [-0.2, 0) is 0 Å². The Balaban J connectivity index is 0.000000958. The van der Waals surface area contributed by atoms with Crippen molar-refractivity contribution in [2.45, 2.75) is 81.2 Å². The molecule has 2 aliphatic rings. The highest BCUT2D eigenvalue weighted by molar-refractivity contribution is 8.74. The molecule has 0 fully saturated rings. The number of anilines is 1. The molecule has 4 nitrogen and oxygen atoms in total. The summed E-state index contributed by atoms with van der Waals surface area (Å²) >= 11 is 0. The van der Waals surface area contributed by atoms with Gasteiger partial charge in [-0.15, -0.1) is 0 Å². The number of aryl methyl sites for hydroxylation is 3. The number of nitrogens with zero attached hydrogens (tertiary/aromatic N) is 3. The first-order valence-corrected chi connectivity index (χ1v) is 18.7. The van der Waals surface area contributed by atoms with E-state index in [1.54, 1.807) is 22.0 Å². The van der Waals surface area contributed by atoms with Crippen molar-refractivity contribution in [3.05, 3.63) is 124 Å². The Morgan fingerprint density at radius 2 is 1.48 bits per heavy atom. The van der Waals surface area contributed by atoms with Gasteiger partial charge in [0.25, 0.3) is 0 Å². The smallest absolute Gasteiger partial charge is 0.0568 e. The molecule has 46 heavy (non-hydrogen) atoms. The summed E-state index contributed by atoms with van der Waals surface area (Å²) in [5.41, 5.74) is 11.5. The standard InChI is InChI=1S/C34H41N3S2.C3H8O.C3H8/c1-8-35(7)34-16-15-33(27(4)22-34)14-11-31-18-20-37(29(6)24-31)39-38-36-19-17-30(23-28(36)5)10-13-32-12-9-25(2)21-26(32)3;1-2-3-4;1-3-2/h9-19,21-24,28H,8,20H2,1-7H3;4H,2-3H2,1H3;3H2,1-2H3/b13-10+,14-11+;;. The van der Waals surface area contributed by atoms with Gasteiger partial charge < -0.3 is 18.6 Å². The van der Waals surface area contributed by atoms with Gasteiger partial charge in [0, 0.05) is 66.3 Å². The Hall–Kier alpha value is -3.06. The van der Waals surface area contributed by atoms with Crippen LogP contribution in [0.4, 0.5) is 5.69 Å². The fourth-order valence-electron chi connectivity index (χ4n) is 4.55. The van der Waals surface area contributed by atoms with Gasteiger partial charge in [-0.3, -0.25) is 0 Å². The van der Waals surface area contributed by atoms with Crippen molar-refractivity contribution in [2.75, 3.05) is 31.6 Å². The Morgan fingerprint density at radius 1 is 0.870 bits per heavy atom. The third-order valence-electron chi connectivity index (χ3n) is 7.45. The molecular formula is C40H57N3OS2. The van der Waals surface area contributed by atoms with Crippen LogP contribution in [0.25, 0.3) is 12.2 Å². The first kappa shape index (κ1) is 39.1. The molecule has 1 N–H and O–H groups in total. The number of benzene rings is 2. The number of hydrogen-bond acceptors (Lipinski definition) is 6. The Morgan fingerprint density at radius 3 is 2.02 bits per heavy atom. The average Bonchev–Trinajstić information content (AvgIpc) is 3.04. The van der Waals surface area contributed by atoms with Crippen LogP contribution in [-0.4, -0.2) is 46.5 Å². The second-order valence-corrected chi connectivity index (χ2v) is 13.9. The fraction of sp³-hybridized carbons (Fsp3) is 0.400. The van der Waals surface area contributed by atoms with Gasteiger partial charge in [-0.25, -0.2) is 0 Å². The maximum absolute atomic E-state index is 7.88. The zero-order chi connectivity index (χ0) is 34.1. The number of aliphatic hydroxyl groups excluding tert-OH is 1. The maximum Gasteiger partial charge on any atom is 0.0568 e. The van der Waals surface area contributed by atoms with Crippen LogP contribution in [0.3, 0.4) is 0 Å². The predicted octanol–water partition coefficient (Wildman–Crippen LogP) is 11.1. The normalized spacial score (nSPS) is 16.0. The topological polar surface area (TPSA) is 30.0 Å². The largest absolute Gasteiger partial charge is 0.396 e. The molecule has 1 atom stereocenters. The van der Waals surface area contributed by atoms with E-state index in [-0.39, 0.29) is 0 Å². The minimum absolute atomic E-state index is 0.319. The SMILES string of the molecule is CCC.CCCO.CCN(C)c1ccc(/C=C/C2=CCN(SSN3C=CC(/C=C/c4ccc(C)cc4C)=CC3C)C(C)=C2)c(C)c1. The van der Waals surface area contributed by atoms with E-state index in [1.165, 1.54) is 56.8 Å².